The van der Waals surface area contributed by atoms with E-state index in [4.69, 9.17) is 5.73 Å². The first-order valence-electron chi connectivity index (χ1n) is 8.49. The van der Waals surface area contributed by atoms with Crippen LogP contribution in [0.25, 0.3) is 0 Å². The molecule has 1 amide bonds. The number of benzene rings is 2. The van der Waals surface area contributed by atoms with E-state index >= 15 is 0 Å². The molecular weight excluding hydrogens is 350 g/mol. The van der Waals surface area contributed by atoms with Crippen LogP contribution in [0.4, 0.5) is 5.69 Å². The van der Waals surface area contributed by atoms with Crippen molar-refractivity contribution >= 4 is 21.6 Å². The number of rotatable bonds is 5. The van der Waals surface area contributed by atoms with E-state index in [1.54, 1.807) is 24.3 Å². The highest BCUT2D eigenvalue weighted by Gasteiger charge is 2.35. The van der Waals surface area contributed by atoms with Gasteiger partial charge in [0.25, 0.3) is 5.91 Å². The molecule has 1 aliphatic heterocycles. The van der Waals surface area contributed by atoms with Crippen molar-refractivity contribution < 1.29 is 13.2 Å². The lowest BCUT2D eigenvalue weighted by molar-refractivity contribution is 0.0786. The summed E-state index contributed by atoms with van der Waals surface area (Å²) < 4.78 is 24.9. The lowest BCUT2D eigenvalue weighted by Crippen LogP contribution is -2.29. The van der Waals surface area contributed by atoms with Crippen molar-refractivity contribution in [1.29, 1.82) is 0 Å². The Bertz CT molecular complexity index is 867. The third kappa shape index (κ3) is 4.23. The number of anilines is 1. The number of carbonyl (C=O) groups excluding carboxylic acids is 1. The van der Waals surface area contributed by atoms with Gasteiger partial charge in [0.1, 0.15) is 0 Å². The zero-order valence-corrected chi connectivity index (χ0v) is 15.4. The van der Waals surface area contributed by atoms with Crippen molar-refractivity contribution in [2.45, 2.75) is 5.92 Å². The number of hydrogen-bond acceptors (Lipinski definition) is 4. The Morgan fingerprint density at radius 3 is 2.35 bits per heavy atom. The van der Waals surface area contributed by atoms with Gasteiger partial charge in [-0.15, -0.1) is 0 Å². The van der Waals surface area contributed by atoms with E-state index in [0.29, 0.717) is 30.9 Å². The quantitative estimate of drug-likeness (QED) is 0.837. The van der Waals surface area contributed by atoms with Crippen LogP contribution in [-0.2, 0) is 10.0 Å². The molecule has 0 saturated carbocycles. The number of carbonyl (C=O) groups is 1. The molecule has 0 spiro atoms. The van der Waals surface area contributed by atoms with Crippen LogP contribution in [0.3, 0.4) is 0 Å². The fraction of sp³-hybridized carbons (Fsp3) is 0.316. The summed E-state index contributed by atoms with van der Waals surface area (Å²) in [5.74, 6) is 0.400. The van der Waals surface area contributed by atoms with Gasteiger partial charge in [-0.25, -0.2) is 8.42 Å². The summed E-state index contributed by atoms with van der Waals surface area (Å²) in [7, 11) is -3.33. The van der Waals surface area contributed by atoms with Crippen molar-refractivity contribution in [3.8, 4) is 0 Å². The van der Waals surface area contributed by atoms with Crippen LogP contribution in [-0.4, -0.2) is 45.1 Å². The van der Waals surface area contributed by atoms with Crippen molar-refractivity contribution in [2.75, 3.05) is 30.6 Å². The van der Waals surface area contributed by atoms with Crippen LogP contribution in [0, 0.1) is 5.92 Å². The summed E-state index contributed by atoms with van der Waals surface area (Å²) in [6, 6.07) is 16.6. The second-order valence-corrected chi connectivity index (χ2v) is 8.42. The minimum Gasteiger partial charge on any atom is -0.338 e. The highest BCUT2D eigenvalue weighted by atomic mass is 32.2. The van der Waals surface area contributed by atoms with Crippen LogP contribution in [0.2, 0.25) is 0 Å². The molecule has 1 heterocycles. The highest BCUT2D eigenvalue weighted by Crippen LogP contribution is 2.32. The standard InChI is InChI=1S/C19H23N3O3S/c1-26(24,25)21-17-9-7-15(8-10-17)19(23)22-12-16(11-20)18(13-22)14-5-3-2-4-6-14/h2-10,16,18,21H,11-13,20H2,1H3/t16-,18+/m1/s1. The maximum Gasteiger partial charge on any atom is 0.253 e. The molecule has 6 nitrogen and oxygen atoms in total. The van der Waals surface area contributed by atoms with E-state index in [1.165, 1.54) is 5.56 Å². The van der Waals surface area contributed by atoms with Crippen molar-refractivity contribution in [2.24, 2.45) is 11.7 Å². The molecular formula is C19H23N3O3S. The van der Waals surface area contributed by atoms with Gasteiger partial charge in [0, 0.05) is 30.3 Å². The predicted octanol–water partition coefficient (Wildman–Crippen LogP) is 1.87. The maximum absolute atomic E-state index is 12.8. The first kappa shape index (κ1) is 18.4. The van der Waals surface area contributed by atoms with Gasteiger partial charge in [0.15, 0.2) is 0 Å². The SMILES string of the molecule is CS(=O)(=O)Nc1ccc(C(=O)N2C[C@@H](CN)[C@H](c3ccccc3)C2)cc1. The summed E-state index contributed by atoms with van der Waals surface area (Å²) in [6.45, 7) is 1.78. The third-order valence-electron chi connectivity index (χ3n) is 4.69. The van der Waals surface area contributed by atoms with Crippen molar-refractivity contribution in [1.82, 2.24) is 4.90 Å². The van der Waals surface area contributed by atoms with Gasteiger partial charge in [-0.1, -0.05) is 30.3 Å². The second-order valence-electron chi connectivity index (χ2n) is 6.67. The van der Waals surface area contributed by atoms with Crippen LogP contribution in [0.5, 0.6) is 0 Å². The molecule has 0 unspecified atom stereocenters. The fourth-order valence-electron chi connectivity index (χ4n) is 3.43. The Balaban J connectivity index is 1.74. The Hall–Kier alpha value is -2.38. The molecule has 0 bridgehead atoms. The number of likely N-dealkylation sites (tertiary alicyclic amines) is 1. The molecule has 0 radical (unpaired) electrons. The molecule has 1 fully saturated rings. The Kier molecular flexibility index (Phi) is 5.29. The summed E-state index contributed by atoms with van der Waals surface area (Å²) >= 11 is 0. The summed E-state index contributed by atoms with van der Waals surface area (Å²) in [5.41, 5.74) is 8.11. The Morgan fingerprint density at radius 2 is 1.77 bits per heavy atom. The molecule has 26 heavy (non-hydrogen) atoms. The Morgan fingerprint density at radius 1 is 1.12 bits per heavy atom. The number of sulfonamides is 1. The van der Waals surface area contributed by atoms with Crippen molar-refractivity contribution in [3.05, 3.63) is 65.7 Å². The van der Waals surface area contributed by atoms with Gasteiger partial charge in [-0.05, 0) is 42.3 Å². The molecule has 2 aromatic rings. The first-order valence-corrected chi connectivity index (χ1v) is 10.4. The fourth-order valence-corrected chi connectivity index (χ4v) is 4.00. The maximum atomic E-state index is 12.8. The lowest BCUT2D eigenvalue weighted by Gasteiger charge is -2.17. The van der Waals surface area contributed by atoms with E-state index in [9.17, 15) is 13.2 Å². The number of nitrogens with two attached hydrogens (primary N) is 1. The number of hydrogen-bond donors (Lipinski definition) is 2. The van der Waals surface area contributed by atoms with Gasteiger partial charge >= 0.3 is 0 Å². The number of nitrogens with zero attached hydrogens (tertiary/aromatic N) is 1. The lowest BCUT2D eigenvalue weighted by atomic mass is 9.89. The van der Waals surface area contributed by atoms with Crippen LogP contribution in [0.15, 0.2) is 54.6 Å². The zero-order valence-electron chi connectivity index (χ0n) is 14.6. The number of amides is 1. The first-order chi connectivity index (χ1) is 12.4. The van der Waals surface area contributed by atoms with Crippen LogP contribution >= 0.6 is 0 Å². The predicted molar refractivity (Wildman–Crippen MR) is 103 cm³/mol. The second kappa shape index (κ2) is 7.47. The van der Waals surface area contributed by atoms with Gasteiger partial charge in [0.2, 0.25) is 10.0 Å². The molecule has 0 aliphatic carbocycles. The van der Waals surface area contributed by atoms with E-state index in [1.807, 2.05) is 23.1 Å². The molecule has 1 aliphatic rings. The van der Waals surface area contributed by atoms with Gasteiger partial charge in [-0.2, -0.15) is 0 Å². The van der Waals surface area contributed by atoms with Crippen molar-refractivity contribution in [3.63, 3.8) is 0 Å². The average Bonchev–Trinajstić information content (AvgIpc) is 3.05. The minimum atomic E-state index is -3.33. The molecule has 3 N–H and O–H groups in total. The molecule has 0 aromatic heterocycles. The summed E-state index contributed by atoms with van der Waals surface area (Å²) in [5, 5.41) is 0. The van der Waals surface area contributed by atoms with E-state index in [0.717, 1.165) is 6.26 Å². The molecule has 2 atom stereocenters. The monoisotopic (exact) mass is 373 g/mol. The largest absolute Gasteiger partial charge is 0.338 e. The Labute approximate surface area is 154 Å². The van der Waals surface area contributed by atoms with E-state index in [2.05, 4.69) is 16.9 Å². The summed E-state index contributed by atoms with van der Waals surface area (Å²) in [6.07, 6.45) is 1.09. The van der Waals surface area contributed by atoms with Gasteiger partial charge < -0.3 is 10.6 Å². The topological polar surface area (TPSA) is 92.5 Å². The molecule has 138 valence electrons. The highest BCUT2D eigenvalue weighted by molar-refractivity contribution is 7.92. The smallest absolute Gasteiger partial charge is 0.253 e. The molecule has 3 rings (SSSR count). The normalized spacial score (nSPS) is 20.2. The summed E-state index contributed by atoms with van der Waals surface area (Å²) in [4.78, 5) is 14.7. The molecule has 7 heteroatoms. The number of nitrogens with one attached hydrogen (secondary N) is 1. The molecule has 1 saturated heterocycles. The minimum absolute atomic E-state index is 0.0622. The van der Waals surface area contributed by atoms with E-state index in [-0.39, 0.29) is 17.7 Å². The van der Waals surface area contributed by atoms with Gasteiger partial charge in [-0.3, -0.25) is 9.52 Å². The zero-order chi connectivity index (χ0) is 18.7. The molecule has 2 aromatic carbocycles. The van der Waals surface area contributed by atoms with Crippen LogP contribution in [0.1, 0.15) is 21.8 Å². The van der Waals surface area contributed by atoms with Gasteiger partial charge in [0.05, 0.1) is 6.26 Å². The third-order valence-corrected chi connectivity index (χ3v) is 5.30. The van der Waals surface area contributed by atoms with E-state index < -0.39 is 10.0 Å². The van der Waals surface area contributed by atoms with Crippen LogP contribution < -0.4 is 10.5 Å². The average molecular weight is 373 g/mol.